The van der Waals surface area contributed by atoms with Crippen molar-refractivity contribution in [3.8, 4) is 5.75 Å². The lowest BCUT2D eigenvalue weighted by Crippen LogP contribution is -2.52. The molecule has 1 N–H and O–H groups in total. The number of halogens is 3. The van der Waals surface area contributed by atoms with Gasteiger partial charge in [-0.25, -0.2) is 28.3 Å². The fourth-order valence-electron chi connectivity index (χ4n) is 13.5. The third-order valence-electron chi connectivity index (χ3n) is 18.2. The summed E-state index contributed by atoms with van der Waals surface area (Å²) in [5.74, 6) is 2.89. The van der Waals surface area contributed by atoms with Crippen LogP contribution in [0.1, 0.15) is 72.1 Å². The van der Waals surface area contributed by atoms with Gasteiger partial charge in [0.05, 0.1) is 29.3 Å². The van der Waals surface area contributed by atoms with Crippen molar-refractivity contribution in [3.63, 3.8) is 0 Å². The number of likely N-dealkylation sites (tertiary alicyclic amines) is 3. The number of aryl methyl sites for hydroxylation is 5. The van der Waals surface area contributed by atoms with Crippen molar-refractivity contribution in [2.24, 2.45) is 0 Å². The number of rotatable bonds is 13. The lowest BCUT2D eigenvalue weighted by Gasteiger charge is -2.38. The Morgan fingerprint density at radius 2 is 1.17 bits per heavy atom. The van der Waals surface area contributed by atoms with E-state index >= 15 is 0 Å². The van der Waals surface area contributed by atoms with Crippen molar-refractivity contribution in [1.29, 1.82) is 0 Å². The Morgan fingerprint density at radius 1 is 0.573 bits per heavy atom. The van der Waals surface area contributed by atoms with Gasteiger partial charge >= 0.3 is 7.60 Å². The molecule has 3 amide bonds. The van der Waals surface area contributed by atoms with E-state index in [0.29, 0.717) is 68.5 Å². The first kappa shape index (κ1) is 64.9. The minimum atomic E-state index is -3.61. The van der Waals surface area contributed by atoms with E-state index < -0.39 is 13.4 Å². The van der Waals surface area contributed by atoms with Crippen molar-refractivity contribution < 1.29 is 37.1 Å². The van der Waals surface area contributed by atoms with Crippen LogP contribution in [0.15, 0.2) is 110 Å². The molecule has 0 saturated carbocycles. The zero-order valence-electron chi connectivity index (χ0n) is 51.2. The first-order valence-electron chi connectivity index (χ1n) is 30.7. The smallest absolute Gasteiger partial charge is 0.373 e. The molecule has 7 aliphatic rings. The molecule has 22 heteroatoms. The van der Waals surface area contributed by atoms with Gasteiger partial charge in [-0.3, -0.25) is 29.1 Å². The first-order valence-corrected chi connectivity index (χ1v) is 33.1. The number of benzene rings is 3. The number of amides is 3. The molecule has 7 fully saturated rings. The molecule has 0 spiro atoms. The normalized spacial score (nSPS) is 22.9. The largest absolute Gasteiger partial charge is 0.423 e. The number of hydrogen-bond donors (Lipinski definition) is 1. The summed E-state index contributed by atoms with van der Waals surface area (Å²) < 4.78 is 43.6. The van der Waals surface area contributed by atoms with Gasteiger partial charge in [-0.15, -0.1) is 0 Å². The fourth-order valence-corrected chi connectivity index (χ4v) is 14.2. The van der Waals surface area contributed by atoms with Crippen LogP contribution in [0.5, 0.6) is 5.75 Å². The highest BCUT2D eigenvalue weighted by atomic mass is 35.5. The average Bonchev–Trinajstić information content (AvgIpc) is 1.95. The second-order valence-electron chi connectivity index (χ2n) is 24.6. The summed E-state index contributed by atoms with van der Waals surface area (Å²) in [5.41, 5.74) is 8.11. The summed E-state index contributed by atoms with van der Waals surface area (Å²) in [6, 6.07) is 28.5. The number of carbonyl (C=O) groups is 3. The molecule has 3 aromatic carbocycles. The number of carbonyl (C=O) groups excluding carboxylic acids is 3. The van der Waals surface area contributed by atoms with Crippen molar-refractivity contribution in [2.45, 2.75) is 111 Å². The molecule has 0 aliphatic carbocycles. The molecule has 0 radical (unpaired) electrons. The fraction of sp³-hybridized carbons (Fsp3) is 0.463. The zero-order valence-corrected chi connectivity index (χ0v) is 52.8. The van der Waals surface area contributed by atoms with Gasteiger partial charge in [-0.05, 0) is 136 Å². The summed E-state index contributed by atoms with van der Waals surface area (Å²) in [7, 11) is -3.61. The molecular formula is C67H84ClF2N12O6P. The summed E-state index contributed by atoms with van der Waals surface area (Å²) >= 11 is 5.89. The molecular weight excluding hydrogens is 1170 g/mol. The second-order valence-corrected chi connectivity index (χ2v) is 26.8. The number of nitrogens with zero attached hydrogens (tertiary/aromatic N) is 12. The lowest BCUT2D eigenvalue weighted by molar-refractivity contribution is -0.133. The molecule has 7 aliphatic heterocycles. The predicted molar refractivity (Wildman–Crippen MR) is 346 cm³/mol. The van der Waals surface area contributed by atoms with Gasteiger partial charge in [0.25, 0.3) is 0 Å². The van der Waals surface area contributed by atoms with Gasteiger partial charge in [0.1, 0.15) is 34.8 Å². The molecule has 3 aromatic heterocycles. The molecule has 2 bridgehead atoms. The average molecular weight is 1260 g/mol. The van der Waals surface area contributed by atoms with Crippen LogP contribution in [0.4, 0.5) is 31.9 Å². The third kappa shape index (κ3) is 15.2. The van der Waals surface area contributed by atoms with Gasteiger partial charge in [-0.2, -0.15) is 0 Å². The highest BCUT2D eigenvalue weighted by Crippen LogP contribution is 2.39. The maximum Gasteiger partial charge on any atom is 0.373 e. The van der Waals surface area contributed by atoms with Crippen molar-refractivity contribution in [3.05, 3.63) is 165 Å². The molecule has 89 heavy (non-hydrogen) atoms. The minimum Gasteiger partial charge on any atom is -0.423 e. The SMILES string of the molecule is C.Cc1ccc(CN2CCC(N3CCN(c4ncc(C)cc4C)CC3)C2=O)cc1.Cc1ccc(N2CCC(N3CCN(c4ccc(OP(C)(=O)O)cn4)CC3)C2=O)cc1F.Cc1ccc(N2C[C@@H]3C[C@H]2CN3C2CCN(Cc3ccc(F)c(Cl)c3)C2=O)nc1. The first-order chi connectivity index (χ1) is 42.2. The lowest BCUT2D eigenvalue weighted by atomic mass is 10.1. The Bertz CT molecular complexity index is 3520. The van der Waals surface area contributed by atoms with Crippen LogP contribution < -0.4 is 24.1 Å². The Kier molecular flexibility index (Phi) is 20.4. The molecule has 4 unspecified atom stereocenters. The van der Waals surface area contributed by atoms with Crippen LogP contribution in [-0.4, -0.2) is 184 Å². The number of piperazine rings is 3. The van der Waals surface area contributed by atoms with E-state index in [1.807, 2.05) is 29.1 Å². The molecule has 6 aromatic rings. The van der Waals surface area contributed by atoms with Crippen LogP contribution in [0.3, 0.4) is 0 Å². The molecule has 474 valence electrons. The van der Waals surface area contributed by atoms with Crippen LogP contribution >= 0.6 is 19.2 Å². The Morgan fingerprint density at radius 3 is 1.78 bits per heavy atom. The van der Waals surface area contributed by atoms with Crippen LogP contribution in [-0.2, 0) is 32.0 Å². The van der Waals surface area contributed by atoms with E-state index in [0.717, 1.165) is 114 Å². The topological polar surface area (TPSA) is 166 Å². The molecule has 10 heterocycles. The Balaban J connectivity index is 0.000000147. The molecule has 6 atom stereocenters. The summed E-state index contributed by atoms with van der Waals surface area (Å²) in [5, 5.41) is 0.104. The van der Waals surface area contributed by atoms with Crippen LogP contribution in [0.25, 0.3) is 0 Å². The number of pyridine rings is 3. The maximum absolute atomic E-state index is 13.9. The Labute approximate surface area is 527 Å². The van der Waals surface area contributed by atoms with Crippen LogP contribution in [0, 0.1) is 46.3 Å². The number of hydrogen-bond acceptors (Lipinski definition) is 14. The van der Waals surface area contributed by atoms with Gasteiger partial charge in [0.2, 0.25) is 17.7 Å². The van der Waals surface area contributed by atoms with E-state index in [-0.39, 0.29) is 54.0 Å². The van der Waals surface area contributed by atoms with Crippen molar-refractivity contribution >= 4 is 60.1 Å². The number of anilines is 4. The predicted octanol–water partition coefficient (Wildman–Crippen LogP) is 9.46. The van der Waals surface area contributed by atoms with E-state index in [1.165, 1.54) is 46.1 Å². The van der Waals surface area contributed by atoms with Gasteiger partial charge in [0.15, 0.2) is 0 Å². The quantitative estimate of drug-likeness (QED) is 0.109. The summed E-state index contributed by atoms with van der Waals surface area (Å²) in [6.07, 6.45) is 8.89. The van der Waals surface area contributed by atoms with E-state index in [2.05, 4.69) is 108 Å². The van der Waals surface area contributed by atoms with E-state index in [1.54, 1.807) is 48.2 Å². The number of aromatic nitrogens is 3. The number of fused-ring (bicyclic) bond motifs is 2. The van der Waals surface area contributed by atoms with Gasteiger partial charge in [-0.1, -0.05) is 73.1 Å². The van der Waals surface area contributed by atoms with Crippen molar-refractivity contribution in [1.82, 2.24) is 39.5 Å². The second kappa shape index (κ2) is 28.0. The van der Waals surface area contributed by atoms with Crippen molar-refractivity contribution in [2.75, 3.05) is 111 Å². The summed E-state index contributed by atoms with van der Waals surface area (Å²) in [6.45, 7) is 23.0. The molecule has 18 nitrogen and oxygen atoms in total. The van der Waals surface area contributed by atoms with Crippen LogP contribution in [0.2, 0.25) is 5.02 Å². The highest BCUT2D eigenvalue weighted by molar-refractivity contribution is 7.52. The summed E-state index contributed by atoms with van der Waals surface area (Å²) in [4.78, 5) is 81.2. The zero-order chi connectivity index (χ0) is 62.0. The van der Waals surface area contributed by atoms with Gasteiger partial charge < -0.3 is 38.8 Å². The van der Waals surface area contributed by atoms with E-state index in [9.17, 15) is 32.6 Å². The monoisotopic (exact) mass is 1260 g/mol. The highest BCUT2D eigenvalue weighted by Gasteiger charge is 2.50. The van der Waals surface area contributed by atoms with Gasteiger partial charge in [0, 0.05) is 135 Å². The molecule has 7 saturated heterocycles. The maximum atomic E-state index is 13.9. The molecule has 13 rings (SSSR count). The minimum absolute atomic E-state index is 0. The van der Waals surface area contributed by atoms with E-state index in [4.69, 9.17) is 16.1 Å². The Hall–Kier alpha value is -7.06. The standard InChI is InChI=1S/C23H30N4O.C22H24ClFN4O.C21H26FN4O4P.CH4/c1-17-4-6-20(7-5-17)16-27-9-8-21(23(27)28)25-10-12-26(13-11-25)22-19(3)14-18(2)15-24-22;1-14-2-5-21(25-10-14)28-13-16-9-17(28)12-27(16)20-6-7-26(22(20)29)11-15-3-4-19(24)18(23)8-15;1-15-3-4-16(13-18(15)22)26-8-7-19(21(26)27)24-9-11-25(12-10-24)20-6-5-17(14-23-20)30-31(2,28)29;/h4-7,14-15,21H,8-13,16H2,1-3H3;2-5,8,10,16-17,20H,6-7,9,11-13H2,1H3;3-6,13-14,19H,7-12H2,1-2H3,(H,28,29);1H4/t;16-,17-,20?;;/m.0../s1. The third-order valence-corrected chi connectivity index (χ3v) is 19.1.